The first-order valence-corrected chi connectivity index (χ1v) is 8.07. The third-order valence-electron chi connectivity index (χ3n) is 6.03. The molecule has 6 unspecified atom stereocenters. The van der Waals surface area contributed by atoms with Crippen LogP contribution < -0.4 is 0 Å². The summed E-state index contributed by atoms with van der Waals surface area (Å²) in [6.45, 7) is 6.30. The average Bonchev–Trinajstić information content (AvgIpc) is 3.03. The standard InChI is InChI=1S/C16H23NO3/c1-4-5-6-16-12-10-7-9(13(18)14(10)20-16)11(12)15(19)17(16)8(2)3/h8-12,14H,4-7H2,1-3H3. The molecule has 4 fully saturated rings. The molecular formula is C16H23NO3. The molecule has 2 saturated heterocycles. The summed E-state index contributed by atoms with van der Waals surface area (Å²) in [5.74, 6) is 0.852. The number of Topliss-reactive ketones (excluding diaryl/α,β-unsaturated/α-hetero) is 1. The van der Waals surface area contributed by atoms with Gasteiger partial charge >= 0.3 is 0 Å². The minimum absolute atomic E-state index is 0.0465. The topological polar surface area (TPSA) is 46.6 Å². The van der Waals surface area contributed by atoms with E-state index in [0.717, 1.165) is 25.7 Å². The summed E-state index contributed by atoms with van der Waals surface area (Å²) in [4.78, 5) is 27.2. The summed E-state index contributed by atoms with van der Waals surface area (Å²) >= 11 is 0. The molecule has 4 rings (SSSR count). The van der Waals surface area contributed by atoms with Gasteiger partial charge in [-0.25, -0.2) is 0 Å². The number of fused-ring (bicyclic) bond motifs is 2. The molecule has 110 valence electrons. The van der Waals surface area contributed by atoms with Crippen LogP contribution in [0.1, 0.15) is 46.5 Å². The Balaban J connectivity index is 1.81. The quantitative estimate of drug-likeness (QED) is 0.789. The molecule has 20 heavy (non-hydrogen) atoms. The maximum atomic E-state index is 12.9. The Bertz CT molecular complexity index is 488. The fourth-order valence-corrected chi connectivity index (χ4v) is 5.55. The lowest BCUT2D eigenvalue weighted by Crippen LogP contribution is -2.53. The zero-order valence-corrected chi connectivity index (χ0v) is 12.5. The molecule has 0 aromatic heterocycles. The lowest BCUT2D eigenvalue weighted by molar-refractivity contribution is -0.178. The molecule has 2 aliphatic heterocycles. The van der Waals surface area contributed by atoms with Gasteiger partial charge in [-0.15, -0.1) is 0 Å². The number of ketones is 1. The molecule has 4 heteroatoms. The van der Waals surface area contributed by atoms with E-state index in [1.807, 2.05) is 4.90 Å². The number of carbonyl (C=O) groups excluding carboxylic acids is 2. The summed E-state index contributed by atoms with van der Waals surface area (Å²) in [6, 6.07) is 0.151. The fourth-order valence-electron chi connectivity index (χ4n) is 5.55. The van der Waals surface area contributed by atoms with E-state index in [1.54, 1.807) is 0 Å². The number of carbonyl (C=O) groups is 2. The van der Waals surface area contributed by atoms with Crippen molar-refractivity contribution < 1.29 is 14.3 Å². The van der Waals surface area contributed by atoms with Gasteiger partial charge in [-0.1, -0.05) is 13.3 Å². The lowest BCUT2D eigenvalue weighted by atomic mass is 9.76. The van der Waals surface area contributed by atoms with E-state index < -0.39 is 5.72 Å². The van der Waals surface area contributed by atoms with Crippen LogP contribution in [-0.2, 0) is 14.3 Å². The minimum Gasteiger partial charge on any atom is -0.344 e. The molecule has 4 aliphatic rings. The molecule has 2 bridgehead atoms. The van der Waals surface area contributed by atoms with Crippen LogP contribution in [0.2, 0.25) is 0 Å². The van der Waals surface area contributed by atoms with Gasteiger partial charge in [0, 0.05) is 23.8 Å². The van der Waals surface area contributed by atoms with Crippen LogP contribution in [0.4, 0.5) is 0 Å². The Morgan fingerprint density at radius 3 is 2.80 bits per heavy atom. The number of amides is 1. The maximum absolute atomic E-state index is 12.9. The molecule has 0 aromatic rings. The summed E-state index contributed by atoms with van der Waals surface area (Å²) < 4.78 is 6.33. The number of rotatable bonds is 4. The van der Waals surface area contributed by atoms with Crippen molar-refractivity contribution in [1.29, 1.82) is 0 Å². The first-order chi connectivity index (χ1) is 9.53. The van der Waals surface area contributed by atoms with Crippen LogP contribution in [0.15, 0.2) is 0 Å². The maximum Gasteiger partial charge on any atom is 0.229 e. The van der Waals surface area contributed by atoms with Gasteiger partial charge in [0.25, 0.3) is 0 Å². The Morgan fingerprint density at radius 1 is 1.40 bits per heavy atom. The van der Waals surface area contributed by atoms with Crippen molar-refractivity contribution in [2.45, 2.75) is 64.3 Å². The highest BCUT2D eigenvalue weighted by Crippen LogP contribution is 2.67. The number of nitrogens with zero attached hydrogens (tertiary/aromatic N) is 1. The Kier molecular flexibility index (Phi) is 2.46. The molecule has 2 heterocycles. The zero-order valence-electron chi connectivity index (χ0n) is 12.5. The molecule has 6 atom stereocenters. The number of hydrogen-bond donors (Lipinski definition) is 0. The molecule has 2 saturated carbocycles. The van der Waals surface area contributed by atoms with E-state index in [-0.39, 0.29) is 41.6 Å². The predicted octanol–water partition coefficient (Wildman–Crippen LogP) is 1.97. The summed E-state index contributed by atoms with van der Waals surface area (Å²) in [7, 11) is 0. The van der Waals surface area contributed by atoms with Crippen molar-refractivity contribution in [1.82, 2.24) is 4.90 Å². The second kappa shape index (κ2) is 3.85. The summed E-state index contributed by atoms with van der Waals surface area (Å²) in [5.41, 5.74) is -0.470. The van der Waals surface area contributed by atoms with Crippen molar-refractivity contribution in [3.05, 3.63) is 0 Å². The third-order valence-corrected chi connectivity index (χ3v) is 6.03. The van der Waals surface area contributed by atoms with Gasteiger partial charge in [0.1, 0.15) is 11.8 Å². The van der Waals surface area contributed by atoms with Crippen molar-refractivity contribution in [2.24, 2.45) is 23.7 Å². The van der Waals surface area contributed by atoms with Crippen molar-refractivity contribution >= 4 is 11.7 Å². The smallest absolute Gasteiger partial charge is 0.229 e. The van der Waals surface area contributed by atoms with E-state index in [4.69, 9.17) is 4.74 Å². The van der Waals surface area contributed by atoms with Gasteiger partial charge in [-0.2, -0.15) is 0 Å². The number of unbranched alkanes of at least 4 members (excludes halogenated alkanes) is 1. The zero-order chi connectivity index (χ0) is 14.2. The average molecular weight is 277 g/mol. The van der Waals surface area contributed by atoms with Gasteiger partial charge < -0.3 is 9.64 Å². The van der Waals surface area contributed by atoms with Gasteiger partial charge in [-0.05, 0) is 33.1 Å². The van der Waals surface area contributed by atoms with Crippen LogP contribution in [0.3, 0.4) is 0 Å². The first kappa shape index (κ1) is 12.8. The molecule has 1 amide bonds. The molecule has 4 nitrogen and oxygen atoms in total. The number of hydrogen-bond acceptors (Lipinski definition) is 3. The van der Waals surface area contributed by atoms with E-state index in [2.05, 4.69) is 20.8 Å². The Hall–Kier alpha value is -0.900. The molecular weight excluding hydrogens is 254 g/mol. The second-order valence-electron chi connectivity index (χ2n) is 7.25. The van der Waals surface area contributed by atoms with Crippen molar-refractivity contribution in [3.63, 3.8) is 0 Å². The normalized spacial score (nSPS) is 48.2. The van der Waals surface area contributed by atoms with Crippen LogP contribution >= 0.6 is 0 Å². The molecule has 0 N–H and O–H groups in total. The first-order valence-electron chi connectivity index (χ1n) is 8.07. The van der Waals surface area contributed by atoms with E-state index in [0.29, 0.717) is 5.92 Å². The van der Waals surface area contributed by atoms with Gasteiger partial charge in [0.05, 0.1) is 5.92 Å². The Morgan fingerprint density at radius 2 is 2.15 bits per heavy atom. The number of ether oxygens (including phenoxy) is 1. The van der Waals surface area contributed by atoms with E-state index in [9.17, 15) is 9.59 Å². The minimum atomic E-state index is -0.470. The number of likely N-dealkylation sites (tertiary alicyclic amines) is 1. The molecule has 0 spiro atoms. The van der Waals surface area contributed by atoms with Crippen LogP contribution in [0, 0.1) is 23.7 Å². The lowest BCUT2D eigenvalue weighted by Gasteiger charge is -2.41. The highest BCUT2D eigenvalue weighted by Gasteiger charge is 2.78. The third kappa shape index (κ3) is 1.19. The summed E-state index contributed by atoms with van der Waals surface area (Å²) in [6.07, 6.45) is 3.71. The van der Waals surface area contributed by atoms with Crippen LogP contribution in [0.5, 0.6) is 0 Å². The van der Waals surface area contributed by atoms with Crippen molar-refractivity contribution in [3.8, 4) is 0 Å². The van der Waals surface area contributed by atoms with E-state index >= 15 is 0 Å². The van der Waals surface area contributed by atoms with E-state index in [1.165, 1.54) is 0 Å². The highest BCUT2D eigenvalue weighted by molar-refractivity contribution is 5.98. The predicted molar refractivity (Wildman–Crippen MR) is 72.7 cm³/mol. The van der Waals surface area contributed by atoms with Crippen molar-refractivity contribution in [2.75, 3.05) is 0 Å². The second-order valence-corrected chi connectivity index (χ2v) is 7.25. The van der Waals surface area contributed by atoms with Gasteiger partial charge in [0.2, 0.25) is 5.91 Å². The van der Waals surface area contributed by atoms with Gasteiger partial charge in [0.15, 0.2) is 5.78 Å². The van der Waals surface area contributed by atoms with Gasteiger partial charge in [-0.3, -0.25) is 9.59 Å². The molecule has 0 radical (unpaired) electrons. The summed E-state index contributed by atoms with van der Waals surface area (Å²) in [5, 5.41) is 0. The highest BCUT2D eigenvalue weighted by atomic mass is 16.5. The largest absolute Gasteiger partial charge is 0.344 e. The SMILES string of the molecule is CCCCC12OC3C(=O)C4CC3C1C4C(=O)N2C(C)C. The monoisotopic (exact) mass is 277 g/mol. The van der Waals surface area contributed by atoms with Crippen LogP contribution in [-0.4, -0.2) is 34.5 Å². The fraction of sp³-hybridized carbons (Fsp3) is 0.875. The Labute approximate surface area is 119 Å². The van der Waals surface area contributed by atoms with Crippen LogP contribution in [0.25, 0.3) is 0 Å². The molecule has 0 aromatic carbocycles. The molecule has 2 aliphatic carbocycles.